The molecule has 3 nitrogen and oxygen atoms in total. The number of halogens is 1. The van der Waals surface area contributed by atoms with Gasteiger partial charge in [0.15, 0.2) is 6.10 Å². The number of carbonyl (C=O) groups is 1. The highest BCUT2D eigenvalue weighted by molar-refractivity contribution is 6.30. The maximum Gasteiger partial charge on any atom is 0.345 e. The number of aliphatic carboxylic acids is 1. The molecule has 0 heterocycles. The fourth-order valence-electron chi connectivity index (χ4n) is 1.97. The Hall–Kier alpha value is -2.00. The second-order valence-corrected chi connectivity index (χ2v) is 5.46. The molecule has 1 atom stereocenters. The van der Waals surface area contributed by atoms with Crippen LogP contribution in [0.3, 0.4) is 0 Å². The summed E-state index contributed by atoms with van der Waals surface area (Å²) in [6.07, 6.45) is -0.632. The molecule has 0 bridgehead atoms. The molecule has 2 rings (SSSR count). The Labute approximate surface area is 129 Å². The normalized spacial score (nSPS) is 12.0. The highest BCUT2D eigenvalue weighted by Gasteiger charge is 2.20. The minimum Gasteiger partial charge on any atom is -0.478 e. The van der Waals surface area contributed by atoms with Crippen LogP contribution in [0.1, 0.15) is 16.7 Å². The molecule has 2 aromatic rings. The number of hydrogen-bond donors (Lipinski definition) is 1. The van der Waals surface area contributed by atoms with Gasteiger partial charge >= 0.3 is 5.97 Å². The molecule has 0 radical (unpaired) electrons. The number of rotatable bonds is 5. The summed E-state index contributed by atoms with van der Waals surface area (Å²) >= 11 is 5.83. The van der Waals surface area contributed by atoms with Crippen LogP contribution < -0.4 is 4.74 Å². The van der Waals surface area contributed by atoms with E-state index in [4.69, 9.17) is 16.3 Å². The van der Waals surface area contributed by atoms with Crippen LogP contribution in [0.4, 0.5) is 0 Å². The average Bonchev–Trinajstić information content (AvgIpc) is 2.44. The lowest BCUT2D eigenvalue weighted by Crippen LogP contribution is -2.29. The van der Waals surface area contributed by atoms with E-state index in [1.54, 1.807) is 18.2 Å². The topological polar surface area (TPSA) is 46.5 Å². The Morgan fingerprint density at radius 2 is 1.81 bits per heavy atom. The van der Waals surface area contributed by atoms with Crippen LogP contribution in [-0.4, -0.2) is 17.2 Å². The third kappa shape index (κ3) is 4.23. The molecule has 0 saturated heterocycles. The molecule has 0 aliphatic heterocycles. The molecule has 0 aliphatic carbocycles. The lowest BCUT2D eigenvalue weighted by Gasteiger charge is -2.16. The fourth-order valence-corrected chi connectivity index (χ4v) is 2.09. The highest BCUT2D eigenvalue weighted by atomic mass is 35.5. The minimum absolute atomic E-state index is 0.291. The Morgan fingerprint density at radius 3 is 2.38 bits per heavy atom. The Kier molecular flexibility index (Phi) is 4.86. The zero-order chi connectivity index (χ0) is 15.4. The van der Waals surface area contributed by atoms with Crippen molar-refractivity contribution in [1.82, 2.24) is 0 Å². The molecule has 0 spiro atoms. The van der Waals surface area contributed by atoms with E-state index in [9.17, 15) is 9.90 Å². The van der Waals surface area contributed by atoms with Crippen molar-refractivity contribution in [1.29, 1.82) is 0 Å². The van der Waals surface area contributed by atoms with Crippen molar-refractivity contribution in [3.63, 3.8) is 0 Å². The van der Waals surface area contributed by atoms with Gasteiger partial charge in [-0.15, -0.1) is 0 Å². The van der Waals surface area contributed by atoms with E-state index >= 15 is 0 Å². The van der Waals surface area contributed by atoms with E-state index in [1.165, 1.54) is 0 Å². The summed E-state index contributed by atoms with van der Waals surface area (Å²) in [5, 5.41) is 9.95. The number of benzene rings is 2. The molecule has 110 valence electrons. The summed E-state index contributed by atoms with van der Waals surface area (Å²) in [5.74, 6) is -0.414. The van der Waals surface area contributed by atoms with E-state index in [1.807, 2.05) is 38.1 Å². The standard InChI is InChI=1S/C17H17ClO3/c1-11-3-8-15(9-12(11)2)21-16(17(19)20)10-13-4-6-14(18)7-5-13/h3-9,16H,10H2,1-2H3,(H,19,20)/t16-/m0/s1. The zero-order valence-electron chi connectivity index (χ0n) is 12.0. The Morgan fingerprint density at radius 1 is 1.14 bits per heavy atom. The molecule has 0 fully saturated rings. The third-order valence-electron chi connectivity index (χ3n) is 3.37. The molecule has 4 heteroatoms. The van der Waals surface area contributed by atoms with Crippen molar-refractivity contribution in [2.45, 2.75) is 26.4 Å². The number of aryl methyl sites for hydroxylation is 2. The van der Waals surface area contributed by atoms with Gasteiger partial charge in [0, 0.05) is 11.4 Å². The first-order valence-electron chi connectivity index (χ1n) is 6.67. The van der Waals surface area contributed by atoms with Crippen molar-refractivity contribution in [2.75, 3.05) is 0 Å². The summed E-state index contributed by atoms with van der Waals surface area (Å²) in [6, 6.07) is 12.7. The van der Waals surface area contributed by atoms with Crippen LogP contribution in [-0.2, 0) is 11.2 Å². The van der Waals surface area contributed by atoms with Gasteiger partial charge in [-0.05, 0) is 54.8 Å². The highest BCUT2D eigenvalue weighted by Crippen LogP contribution is 2.19. The predicted molar refractivity (Wildman–Crippen MR) is 83.1 cm³/mol. The van der Waals surface area contributed by atoms with E-state index < -0.39 is 12.1 Å². The zero-order valence-corrected chi connectivity index (χ0v) is 12.7. The van der Waals surface area contributed by atoms with E-state index in [2.05, 4.69) is 0 Å². The monoisotopic (exact) mass is 304 g/mol. The molecule has 0 aromatic heterocycles. The third-order valence-corrected chi connectivity index (χ3v) is 3.62. The van der Waals surface area contributed by atoms with Crippen molar-refractivity contribution < 1.29 is 14.6 Å². The minimum atomic E-state index is -0.983. The lowest BCUT2D eigenvalue weighted by molar-refractivity contribution is -0.145. The summed E-state index contributed by atoms with van der Waals surface area (Å²) in [6.45, 7) is 3.97. The van der Waals surface area contributed by atoms with Crippen LogP contribution in [0.15, 0.2) is 42.5 Å². The van der Waals surface area contributed by atoms with Crippen molar-refractivity contribution in [3.8, 4) is 5.75 Å². The quantitative estimate of drug-likeness (QED) is 0.907. The van der Waals surface area contributed by atoms with Crippen LogP contribution >= 0.6 is 11.6 Å². The van der Waals surface area contributed by atoms with Crippen molar-refractivity contribution in [3.05, 3.63) is 64.2 Å². The summed E-state index contributed by atoms with van der Waals surface area (Å²) in [4.78, 5) is 11.4. The number of hydrogen-bond acceptors (Lipinski definition) is 2. The average molecular weight is 305 g/mol. The smallest absolute Gasteiger partial charge is 0.345 e. The first kappa shape index (κ1) is 15.4. The maximum atomic E-state index is 11.4. The van der Waals surface area contributed by atoms with Gasteiger partial charge in [-0.25, -0.2) is 4.79 Å². The second-order valence-electron chi connectivity index (χ2n) is 5.02. The van der Waals surface area contributed by atoms with Gasteiger partial charge in [-0.1, -0.05) is 29.8 Å². The molecule has 1 N–H and O–H groups in total. The summed E-state index contributed by atoms with van der Waals surface area (Å²) in [5.41, 5.74) is 3.09. The van der Waals surface area contributed by atoms with Crippen LogP contribution in [0.25, 0.3) is 0 Å². The van der Waals surface area contributed by atoms with Crippen LogP contribution in [0.2, 0.25) is 5.02 Å². The first-order chi connectivity index (χ1) is 9.95. The molecular weight excluding hydrogens is 288 g/mol. The van der Waals surface area contributed by atoms with E-state index in [0.29, 0.717) is 17.2 Å². The summed E-state index contributed by atoms with van der Waals surface area (Å²) < 4.78 is 5.61. The molecule has 0 amide bonds. The lowest BCUT2D eigenvalue weighted by atomic mass is 10.1. The van der Waals surface area contributed by atoms with Gasteiger partial charge in [-0.2, -0.15) is 0 Å². The molecule has 0 saturated carbocycles. The van der Waals surface area contributed by atoms with E-state index in [-0.39, 0.29) is 0 Å². The summed E-state index contributed by atoms with van der Waals surface area (Å²) in [7, 11) is 0. The van der Waals surface area contributed by atoms with Crippen LogP contribution in [0.5, 0.6) is 5.75 Å². The molecule has 2 aromatic carbocycles. The van der Waals surface area contributed by atoms with Gasteiger partial charge < -0.3 is 9.84 Å². The molecule has 0 aliphatic rings. The Balaban J connectivity index is 2.13. The van der Waals surface area contributed by atoms with Gasteiger partial charge in [-0.3, -0.25) is 0 Å². The van der Waals surface area contributed by atoms with Crippen molar-refractivity contribution in [2.24, 2.45) is 0 Å². The van der Waals surface area contributed by atoms with Crippen molar-refractivity contribution >= 4 is 17.6 Å². The molecule has 21 heavy (non-hydrogen) atoms. The van der Waals surface area contributed by atoms with Gasteiger partial charge in [0.25, 0.3) is 0 Å². The number of carboxylic acids is 1. The van der Waals surface area contributed by atoms with Gasteiger partial charge in [0.2, 0.25) is 0 Å². The first-order valence-corrected chi connectivity index (χ1v) is 7.04. The molecular formula is C17H17ClO3. The molecule has 0 unspecified atom stereocenters. The van der Waals surface area contributed by atoms with Gasteiger partial charge in [0.1, 0.15) is 5.75 Å². The SMILES string of the molecule is Cc1ccc(O[C@@H](Cc2ccc(Cl)cc2)C(=O)O)cc1C. The predicted octanol–water partition coefficient (Wildman–Crippen LogP) is 4.03. The largest absolute Gasteiger partial charge is 0.478 e. The van der Waals surface area contributed by atoms with E-state index in [0.717, 1.165) is 16.7 Å². The second kappa shape index (κ2) is 6.64. The maximum absolute atomic E-state index is 11.4. The fraction of sp³-hybridized carbons (Fsp3) is 0.235. The number of carboxylic acid groups (broad SMARTS) is 1. The van der Waals surface area contributed by atoms with Crippen LogP contribution in [0, 0.1) is 13.8 Å². The number of ether oxygens (including phenoxy) is 1. The Bertz CT molecular complexity index is 635. The van der Waals surface area contributed by atoms with Gasteiger partial charge in [0.05, 0.1) is 0 Å².